The van der Waals surface area contributed by atoms with Gasteiger partial charge in [0.25, 0.3) is 0 Å². The van der Waals surface area contributed by atoms with Crippen LogP contribution in [-0.2, 0) is 0 Å². The predicted molar refractivity (Wildman–Crippen MR) is 70.8 cm³/mol. The Hall–Kier alpha value is -0.730. The molecule has 3 rings (SSSR count). The van der Waals surface area contributed by atoms with Crippen LogP contribution in [0, 0.1) is 17.3 Å². The molecule has 0 amide bonds. The molecule has 1 spiro atoms. The molecule has 0 aromatic carbocycles. The molecule has 2 aliphatic carbocycles. The minimum Gasteiger partial charge on any atom is -0.370 e. The minimum absolute atomic E-state index is 0.246. The second-order valence-electron chi connectivity index (χ2n) is 7.28. The van der Waals surface area contributed by atoms with Crippen LogP contribution in [0.2, 0.25) is 0 Å². The van der Waals surface area contributed by atoms with Gasteiger partial charge in [-0.2, -0.15) is 0 Å². The molecule has 2 atom stereocenters. The molecule has 0 aromatic heterocycles. The quantitative estimate of drug-likeness (QED) is 0.797. The Balaban J connectivity index is 1.85. The minimum atomic E-state index is 0.246. The molecule has 2 unspecified atom stereocenters. The molecule has 2 saturated carbocycles. The summed E-state index contributed by atoms with van der Waals surface area (Å²) >= 11 is 0. The van der Waals surface area contributed by atoms with Crippen LogP contribution in [-0.4, -0.2) is 29.5 Å². The summed E-state index contributed by atoms with van der Waals surface area (Å²) in [5, 5.41) is 0. The normalized spacial score (nSPS) is 40.1. The lowest BCUT2D eigenvalue weighted by Gasteiger charge is -2.40. The van der Waals surface area contributed by atoms with Gasteiger partial charge in [-0.05, 0) is 42.9 Å². The highest BCUT2D eigenvalue weighted by atomic mass is 15.4. The highest BCUT2D eigenvalue weighted by molar-refractivity contribution is 5.81. The molecule has 17 heavy (non-hydrogen) atoms. The van der Waals surface area contributed by atoms with E-state index in [4.69, 9.17) is 5.73 Å². The van der Waals surface area contributed by atoms with Crippen molar-refractivity contribution in [2.75, 3.05) is 13.1 Å². The van der Waals surface area contributed by atoms with Crippen LogP contribution in [0.1, 0.15) is 46.5 Å². The maximum atomic E-state index is 6.14. The van der Waals surface area contributed by atoms with Gasteiger partial charge in [-0.15, -0.1) is 0 Å². The maximum absolute atomic E-state index is 6.14. The molecule has 0 radical (unpaired) electrons. The van der Waals surface area contributed by atoms with E-state index < -0.39 is 0 Å². The van der Waals surface area contributed by atoms with Crippen LogP contribution < -0.4 is 5.73 Å². The average Bonchev–Trinajstić information content (AvgIpc) is 2.93. The fourth-order valence-electron chi connectivity index (χ4n) is 4.12. The summed E-state index contributed by atoms with van der Waals surface area (Å²) in [6.07, 6.45) is 5.32. The van der Waals surface area contributed by atoms with Gasteiger partial charge in [0.2, 0.25) is 0 Å². The lowest BCUT2D eigenvalue weighted by molar-refractivity contribution is 0.144. The first-order valence-electron chi connectivity index (χ1n) is 7.01. The second-order valence-corrected chi connectivity index (χ2v) is 7.28. The number of nitrogens with zero attached hydrogens (tertiary/aromatic N) is 2. The first-order chi connectivity index (χ1) is 7.93. The zero-order chi connectivity index (χ0) is 12.3. The predicted octanol–water partition coefficient (Wildman–Crippen LogP) is 2.22. The molecule has 3 aliphatic rings. The van der Waals surface area contributed by atoms with Crippen LogP contribution in [0.4, 0.5) is 0 Å². The van der Waals surface area contributed by atoms with E-state index in [1.54, 1.807) is 0 Å². The van der Waals surface area contributed by atoms with E-state index in [2.05, 4.69) is 30.7 Å². The maximum Gasteiger partial charge on any atom is 0.191 e. The number of rotatable bonds is 2. The first kappa shape index (κ1) is 11.4. The Bertz CT molecular complexity index is 356. The van der Waals surface area contributed by atoms with Crippen molar-refractivity contribution in [3.05, 3.63) is 0 Å². The van der Waals surface area contributed by atoms with Crippen molar-refractivity contribution in [1.82, 2.24) is 4.90 Å². The van der Waals surface area contributed by atoms with E-state index in [-0.39, 0.29) is 5.54 Å². The van der Waals surface area contributed by atoms with Crippen LogP contribution in [0.15, 0.2) is 4.99 Å². The summed E-state index contributed by atoms with van der Waals surface area (Å²) in [5.41, 5.74) is 6.83. The summed E-state index contributed by atoms with van der Waals surface area (Å²) in [6.45, 7) is 9.25. The highest BCUT2D eigenvalue weighted by Crippen LogP contribution is 2.52. The molecule has 0 saturated heterocycles. The number of hydrogen-bond acceptors (Lipinski definition) is 3. The van der Waals surface area contributed by atoms with Crippen molar-refractivity contribution in [3.8, 4) is 0 Å². The monoisotopic (exact) mass is 235 g/mol. The Morgan fingerprint density at radius 1 is 1.41 bits per heavy atom. The number of hydrogen-bond donors (Lipinski definition) is 1. The molecule has 3 nitrogen and oxygen atoms in total. The largest absolute Gasteiger partial charge is 0.370 e. The van der Waals surface area contributed by atoms with Crippen molar-refractivity contribution in [1.29, 1.82) is 0 Å². The third-order valence-electron chi connectivity index (χ3n) is 5.03. The zero-order valence-electron chi connectivity index (χ0n) is 11.4. The van der Waals surface area contributed by atoms with Crippen LogP contribution in [0.25, 0.3) is 0 Å². The van der Waals surface area contributed by atoms with Crippen molar-refractivity contribution in [3.63, 3.8) is 0 Å². The van der Waals surface area contributed by atoms with Gasteiger partial charge < -0.3 is 10.6 Å². The standard InChI is InChI=1S/C14H25N3/c1-10-6-13(2,3)8-14(10)9-16-12(15)17(14)7-11-4-5-11/h10-11H,4-9H2,1-3H3,(H2,15,16). The van der Waals surface area contributed by atoms with Gasteiger partial charge in [-0.1, -0.05) is 20.8 Å². The summed E-state index contributed by atoms with van der Waals surface area (Å²) in [7, 11) is 0. The van der Waals surface area contributed by atoms with Crippen LogP contribution >= 0.6 is 0 Å². The van der Waals surface area contributed by atoms with Crippen molar-refractivity contribution >= 4 is 5.96 Å². The molecule has 0 aromatic rings. The van der Waals surface area contributed by atoms with E-state index in [1.807, 2.05) is 0 Å². The Labute approximate surface area is 104 Å². The smallest absolute Gasteiger partial charge is 0.191 e. The number of guanidine groups is 1. The van der Waals surface area contributed by atoms with Crippen LogP contribution in [0.5, 0.6) is 0 Å². The van der Waals surface area contributed by atoms with Crippen molar-refractivity contribution < 1.29 is 0 Å². The molecule has 96 valence electrons. The molecule has 3 heteroatoms. The molecule has 2 N–H and O–H groups in total. The lowest BCUT2D eigenvalue weighted by Crippen LogP contribution is -2.54. The fourth-order valence-corrected chi connectivity index (χ4v) is 4.12. The Morgan fingerprint density at radius 2 is 2.12 bits per heavy atom. The first-order valence-corrected chi connectivity index (χ1v) is 7.01. The van der Waals surface area contributed by atoms with E-state index in [0.29, 0.717) is 11.3 Å². The third-order valence-corrected chi connectivity index (χ3v) is 5.03. The Morgan fingerprint density at radius 3 is 2.65 bits per heavy atom. The number of aliphatic imine (C=N–C) groups is 1. The van der Waals surface area contributed by atoms with Crippen LogP contribution in [0.3, 0.4) is 0 Å². The van der Waals surface area contributed by atoms with E-state index in [0.717, 1.165) is 25.0 Å². The molecule has 2 fully saturated rings. The van der Waals surface area contributed by atoms with Crippen molar-refractivity contribution in [2.24, 2.45) is 28.0 Å². The summed E-state index contributed by atoms with van der Waals surface area (Å²) in [6, 6.07) is 0. The Kier molecular flexibility index (Phi) is 2.27. The van der Waals surface area contributed by atoms with Gasteiger partial charge in [-0.3, -0.25) is 4.99 Å². The van der Waals surface area contributed by atoms with Gasteiger partial charge >= 0.3 is 0 Å². The van der Waals surface area contributed by atoms with Gasteiger partial charge in [0.1, 0.15) is 0 Å². The summed E-state index contributed by atoms with van der Waals surface area (Å²) in [4.78, 5) is 7.03. The topological polar surface area (TPSA) is 41.6 Å². The molecule has 1 heterocycles. The van der Waals surface area contributed by atoms with Gasteiger partial charge in [-0.25, -0.2) is 0 Å². The van der Waals surface area contributed by atoms with Gasteiger partial charge in [0.05, 0.1) is 12.1 Å². The fraction of sp³-hybridized carbons (Fsp3) is 0.929. The van der Waals surface area contributed by atoms with E-state index in [9.17, 15) is 0 Å². The van der Waals surface area contributed by atoms with Gasteiger partial charge in [0, 0.05) is 6.54 Å². The molecular weight excluding hydrogens is 210 g/mol. The molecule has 0 bridgehead atoms. The van der Waals surface area contributed by atoms with Gasteiger partial charge in [0.15, 0.2) is 5.96 Å². The zero-order valence-corrected chi connectivity index (χ0v) is 11.4. The molecular formula is C14H25N3. The van der Waals surface area contributed by atoms with E-state index >= 15 is 0 Å². The molecule has 1 aliphatic heterocycles. The lowest BCUT2D eigenvalue weighted by atomic mass is 9.85. The summed E-state index contributed by atoms with van der Waals surface area (Å²) in [5.74, 6) is 2.40. The SMILES string of the molecule is CC1CC(C)(C)CC12CN=C(N)N2CC1CC1. The van der Waals surface area contributed by atoms with E-state index in [1.165, 1.54) is 25.7 Å². The van der Waals surface area contributed by atoms with Crippen molar-refractivity contribution in [2.45, 2.75) is 52.0 Å². The third kappa shape index (κ3) is 1.74. The highest BCUT2D eigenvalue weighted by Gasteiger charge is 2.55. The second kappa shape index (κ2) is 3.39. The average molecular weight is 235 g/mol. The summed E-state index contributed by atoms with van der Waals surface area (Å²) < 4.78 is 0. The number of nitrogens with two attached hydrogens (primary N) is 1.